The van der Waals surface area contributed by atoms with Crippen LogP contribution >= 0.6 is 0 Å². The topological polar surface area (TPSA) is 109 Å². The van der Waals surface area contributed by atoms with Gasteiger partial charge in [-0.25, -0.2) is 9.82 Å². The first-order valence-electron chi connectivity index (χ1n) is 9.89. The van der Waals surface area contributed by atoms with Gasteiger partial charge in [-0.3, -0.25) is 14.4 Å². The molecule has 0 radical (unpaired) electrons. The molecule has 0 atom stereocenters. The molecule has 0 aliphatic rings. The van der Waals surface area contributed by atoms with E-state index in [1.54, 1.807) is 24.3 Å². The smallest absolute Gasteiger partial charge is 0.329 e. The van der Waals surface area contributed by atoms with Crippen LogP contribution in [0.15, 0.2) is 77.9 Å². The summed E-state index contributed by atoms with van der Waals surface area (Å²) in [4.78, 5) is 35.6. The first kappa shape index (κ1) is 23.1. The lowest BCUT2D eigenvalue weighted by molar-refractivity contribution is -0.136. The average molecular weight is 448 g/mol. The molecule has 3 rings (SSSR count). The number of nitrogens with zero attached hydrogens (tertiary/aromatic N) is 1. The molecule has 0 fully saturated rings. The van der Waals surface area contributed by atoms with Crippen LogP contribution in [0.1, 0.15) is 11.1 Å². The van der Waals surface area contributed by atoms with E-state index in [9.17, 15) is 18.8 Å². The summed E-state index contributed by atoms with van der Waals surface area (Å²) in [6, 6.07) is 19.5. The molecule has 168 valence electrons. The van der Waals surface area contributed by atoms with Crippen LogP contribution in [0, 0.1) is 12.7 Å². The molecular formula is C24H21FN4O4. The molecule has 33 heavy (non-hydrogen) atoms. The minimum atomic E-state index is -1.05. The van der Waals surface area contributed by atoms with Crippen molar-refractivity contribution in [3.63, 3.8) is 0 Å². The van der Waals surface area contributed by atoms with Crippen LogP contribution in [0.4, 0.5) is 15.8 Å². The highest BCUT2D eigenvalue weighted by Gasteiger charge is 2.14. The lowest BCUT2D eigenvalue weighted by atomic mass is 10.2. The van der Waals surface area contributed by atoms with Crippen molar-refractivity contribution in [2.45, 2.75) is 6.92 Å². The van der Waals surface area contributed by atoms with Gasteiger partial charge in [0.05, 0.1) is 11.9 Å². The first-order chi connectivity index (χ1) is 15.9. The van der Waals surface area contributed by atoms with Crippen LogP contribution in [-0.2, 0) is 14.4 Å². The van der Waals surface area contributed by atoms with Crippen LogP contribution in [0.2, 0.25) is 0 Å². The van der Waals surface area contributed by atoms with Gasteiger partial charge < -0.3 is 15.4 Å². The Bertz CT molecular complexity index is 1180. The van der Waals surface area contributed by atoms with Crippen molar-refractivity contribution in [1.82, 2.24) is 5.43 Å². The summed E-state index contributed by atoms with van der Waals surface area (Å²) in [5, 5.41) is 8.64. The zero-order valence-electron chi connectivity index (χ0n) is 17.7. The van der Waals surface area contributed by atoms with Crippen molar-refractivity contribution in [3.8, 4) is 5.75 Å². The standard InChI is InChI=1S/C24H21FN4O4/c1-16-6-2-4-8-20(16)27-22(30)15-33-18-12-10-17(11-13-18)14-26-29-24(32)23(31)28-21-9-5-3-7-19(21)25/h2-14H,15H2,1H3,(H,27,30)(H,28,31)(H,29,32)/b26-14-. The zero-order valence-corrected chi connectivity index (χ0v) is 17.7. The number of benzene rings is 3. The minimum absolute atomic E-state index is 0.107. The largest absolute Gasteiger partial charge is 0.484 e. The lowest BCUT2D eigenvalue weighted by Crippen LogP contribution is -2.32. The minimum Gasteiger partial charge on any atom is -0.484 e. The first-order valence-corrected chi connectivity index (χ1v) is 9.89. The fraction of sp³-hybridized carbons (Fsp3) is 0.0833. The normalized spacial score (nSPS) is 10.5. The number of rotatable bonds is 7. The molecule has 0 heterocycles. The second-order valence-corrected chi connectivity index (χ2v) is 6.85. The van der Waals surface area contributed by atoms with Gasteiger partial charge in [-0.2, -0.15) is 5.10 Å². The highest BCUT2D eigenvalue weighted by Crippen LogP contribution is 2.14. The van der Waals surface area contributed by atoms with E-state index >= 15 is 0 Å². The molecule has 3 aromatic carbocycles. The van der Waals surface area contributed by atoms with Crippen LogP contribution in [0.3, 0.4) is 0 Å². The maximum Gasteiger partial charge on any atom is 0.329 e. The van der Waals surface area contributed by atoms with Crippen LogP contribution < -0.4 is 20.8 Å². The second kappa shape index (κ2) is 11.2. The number of anilines is 2. The maximum atomic E-state index is 13.5. The van der Waals surface area contributed by atoms with Gasteiger partial charge in [0.2, 0.25) is 0 Å². The van der Waals surface area contributed by atoms with Gasteiger partial charge in [-0.05, 0) is 60.5 Å². The number of aryl methyl sites for hydroxylation is 1. The summed E-state index contributed by atoms with van der Waals surface area (Å²) < 4.78 is 19.0. The van der Waals surface area contributed by atoms with E-state index in [0.717, 1.165) is 17.3 Å². The molecule has 3 N–H and O–H groups in total. The number of amides is 3. The lowest BCUT2D eigenvalue weighted by Gasteiger charge is -2.09. The van der Waals surface area contributed by atoms with Crippen molar-refractivity contribution in [2.75, 3.05) is 17.2 Å². The molecule has 0 saturated carbocycles. The summed E-state index contributed by atoms with van der Waals surface area (Å²) in [7, 11) is 0. The monoisotopic (exact) mass is 448 g/mol. The number of carbonyl (C=O) groups is 3. The SMILES string of the molecule is Cc1ccccc1NC(=O)COc1ccc(/C=N\NC(=O)C(=O)Nc2ccccc2F)cc1. The van der Waals surface area contributed by atoms with Gasteiger partial charge in [0.1, 0.15) is 11.6 Å². The third-order valence-electron chi connectivity index (χ3n) is 4.38. The number of nitrogens with one attached hydrogen (secondary N) is 3. The van der Waals surface area contributed by atoms with Crippen molar-refractivity contribution >= 4 is 35.3 Å². The number of carbonyl (C=O) groups excluding carboxylic acids is 3. The molecule has 3 aromatic rings. The molecule has 0 aliphatic heterocycles. The number of para-hydroxylation sites is 2. The Morgan fingerprint density at radius 1 is 0.879 bits per heavy atom. The number of hydrogen-bond donors (Lipinski definition) is 3. The summed E-state index contributed by atoms with van der Waals surface area (Å²) in [5.41, 5.74) is 4.25. The Labute approximate surface area is 189 Å². The summed E-state index contributed by atoms with van der Waals surface area (Å²) in [5.74, 6) is -2.57. The fourth-order valence-corrected chi connectivity index (χ4v) is 2.66. The quantitative estimate of drug-likeness (QED) is 0.293. The van der Waals surface area contributed by atoms with E-state index < -0.39 is 17.6 Å². The summed E-state index contributed by atoms with van der Waals surface area (Å²) in [6.45, 7) is 1.74. The van der Waals surface area contributed by atoms with Gasteiger partial charge in [-0.15, -0.1) is 0 Å². The predicted molar refractivity (Wildman–Crippen MR) is 123 cm³/mol. The zero-order chi connectivity index (χ0) is 23.6. The number of hydrogen-bond acceptors (Lipinski definition) is 5. The molecule has 8 nitrogen and oxygen atoms in total. The molecule has 0 unspecified atom stereocenters. The number of hydrazone groups is 1. The van der Waals surface area contributed by atoms with Crippen molar-refractivity contribution in [1.29, 1.82) is 0 Å². The molecule has 0 aliphatic carbocycles. The third-order valence-corrected chi connectivity index (χ3v) is 4.38. The number of ether oxygens (including phenoxy) is 1. The fourth-order valence-electron chi connectivity index (χ4n) is 2.66. The second-order valence-electron chi connectivity index (χ2n) is 6.85. The Morgan fingerprint density at radius 2 is 1.55 bits per heavy atom. The van der Waals surface area contributed by atoms with E-state index in [0.29, 0.717) is 11.3 Å². The Balaban J connectivity index is 1.44. The Morgan fingerprint density at radius 3 is 2.24 bits per heavy atom. The van der Waals surface area contributed by atoms with E-state index in [4.69, 9.17) is 4.74 Å². The van der Waals surface area contributed by atoms with E-state index in [1.807, 2.05) is 31.2 Å². The summed E-state index contributed by atoms with van der Waals surface area (Å²) in [6.07, 6.45) is 1.32. The van der Waals surface area contributed by atoms with Gasteiger partial charge in [-0.1, -0.05) is 30.3 Å². The molecule has 0 spiro atoms. The van der Waals surface area contributed by atoms with Gasteiger partial charge >= 0.3 is 11.8 Å². The van der Waals surface area contributed by atoms with Crippen LogP contribution in [-0.4, -0.2) is 30.5 Å². The van der Waals surface area contributed by atoms with E-state index in [1.165, 1.54) is 24.4 Å². The molecule has 0 saturated heterocycles. The highest BCUT2D eigenvalue weighted by atomic mass is 19.1. The molecule has 0 bridgehead atoms. The summed E-state index contributed by atoms with van der Waals surface area (Å²) >= 11 is 0. The molecule has 9 heteroatoms. The predicted octanol–water partition coefficient (Wildman–Crippen LogP) is 3.24. The van der Waals surface area contributed by atoms with Crippen LogP contribution in [0.5, 0.6) is 5.75 Å². The van der Waals surface area contributed by atoms with Gasteiger partial charge in [0, 0.05) is 5.69 Å². The van der Waals surface area contributed by atoms with Gasteiger partial charge in [0.15, 0.2) is 6.61 Å². The molecule has 0 aromatic heterocycles. The maximum absolute atomic E-state index is 13.5. The van der Waals surface area contributed by atoms with E-state index in [-0.39, 0.29) is 18.2 Å². The van der Waals surface area contributed by atoms with E-state index in [2.05, 4.69) is 21.2 Å². The van der Waals surface area contributed by atoms with Crippen molar-refractivity contribution in [3.05, 3.63) is 89.7 Å². The third kappa shape index (κ3) is 7.00. The van der Waals surface area contributed by atoms with Crippen molar-refractivity contribution < 1.29 is 23.5 Å². The molecule has 3 amide bonds. The Kier molecular flexibility index (Phi) is 7.85. The average Bonchev–Trinajstić information content (AvgIpc) is 2.81. The van der Waals surface area contributed by atoms with Crippen LogP contribution in [0.25, 0.3) is 0 Å². The molecular weight excluding hydrogens is 427 g/mol. The number of halogens is 1. The highest BCUT2D eigenvalue weighted by molar-refractivity contribution is 6.39. The Hall–Kier alpha value is -4.53. The van der Waals surface area contributed by atoms with Crippen molar-refractivity contribution in [2.24, 2.45) is 5.10 Å². The van der Waals surface area contributed by atoms with Gasteiger partial charge in [0.25, 0.3) is 5.91 Å².